The third-order valence-electron chi connectivity index (χ3n) is 4.96. The van der Waals surface area contributed by atoms with Gasteiger partial charge in [-0.25, -0.2) is 4.98 Å². The van der Waals surface area contributed by atoms with E-state index in [1.165, 1.54) is 35.4 Å². The number of carbonyl (C=O) groups is 2. The van der Waals surface area contributed by atoms with Crippen LogP contribution in [0.4, 0.5) is 5.69 Å². The van der Waals surface area contributed by atoms with Crippen LogP contribution in [0.25, 0.3) is 0 Å². The minimum Gasteiger partial charge on any atom is -0.342 e. The van der Waals surface area contributed by atoms with Gasteiger partial charge in [0, 0.05) is 32.0 Å². The first-order chi connectivity index (χ1) is 14.0. The van der Waals surface area contributed by atoms with Crippen molar-refractivity contribution in [2.75, 3.05) is 24.2 Å². The first-order valence-electron chi connectivity index (χ1n) is 9.80. The van der Waals surface area contributed by atoms with E-state index in [1.807, 2.05) is 24.0 Å². The number of benzene rings is 1. The van der Waals surface area contributed by atoms with Crippen molar-refractivity contribution in [3.8, 4) is 0 Å². The van der Waals surface area contributed by atoms with Gasteiger partial charge in [0.05, 0.1) is 5.75 Å². The molecule has 1 aromatic heterocycles. The van der Waals surface area contributed by atoms with Crippen LogP contribution in [0.2, 0.25) is 0 Å². The quantitative estimate of drug-likeness (QED) is 0.601. The van der Waals surface area contributed by atoms with Crippen LogP contribution in [0.5, 0.6) is 0 Å². The van der Waals surface area contributed by atoms with Gasteiger partial charge in [-0.15, -0.1) is 0 Å². The van der Waals surface area contributed by atoms with Gasteiger partial charge in [0.2, 0.25) is 5.91 Å². The molecule has 8 heteroatoms. The summed E-state index contributed by atoms with van der Waals surface area (Å²) < 4.78 is 1.32. The Kier molecular flexibility index (Phi) is 7.09. The van der Waals surface area contributed by atoms with Crippen molar-refractivity contribution in [2.24, 2.45) is 7.05 Å². The van der Waals surface area contributed by atoms with Gasteiger partial charge in [-0.3, -0.25) is 19.0 Å². The molecule has 0 saturated carbocycles. The fourth-order valence-corrected chi connectivity index (χ4v) is 4.03. The number of thioether (sulfide) groups is 1. The van der Waals surface area contributed by atoms with Gasteiger partial charge >= 0.3 is 0 Å². The molecule has 2 amide bonds. The van der Waals surface area contributed by atoms with Crippen LogP contribution in [0.15, 0.2) is 40.4 Å². The number of likely N-dealkylation sites (tertiary alicyclic amines) is 1. The molecule has 0 atom stereocenters. The molecule has 0 unspecified atom stereocenters. The second-order valence-corrected chi connectivity index (χ2v) is 8.16. The van der Waals surface area contributed by atoms with Gasteiger partial charge < -0.3 is 10.2 Å². The zero-order chi connectivity index (χ0) is 20.8. The summed E-state index contributed by atoms with van der Waals surface area (Å²) in [4.78, 5) is 43.7. The van der Waals surface area contributed by atoms with E-state index in [4.69, 9.17) is 0 Å². The number of rotatable bonds is 5. The molecule has 154 valence electrons. The lowest BCUT2D eigenvalue weighted by atomic mass is 10.2. The van der Waals surface area contributed by atoms with Gasteiger partial charge in [-0.1, -0.05) is 42.3 Å². The Labute approximate surface area is 174 Å². The monoisotopic (exact) mass is 414 g/mol. The van der Waals surface area contributed by atoms with Crippen LogP contribution in [0.3, 0.4) is 0 Å². The maximum Gasteiger partial charge on any atom is 0.266 e. The number of hydrogen-bond acceptors (Lipinski definition) is 5. The first kappa shape index (κ1) is 21.1. The van der Waals surface area contributed by atoms with Crippen LogP contribution in [0, 0.1) is 6.92 Å². The Morgan fingerprint density at radius 1 is 1.10 bits per heavy atom. The lowest BCUT2D eigenvalue weighted by molar-refractivity contribution is -0.128. The minimum atomic E-state index is -0.501. The standard InChI is InChI=1S/C21H26N4O3S/c1-15-7-9-16(10-8-15)23-19(27)17-13-22-21(24(2)20(17)28)29-14-18(26)25-11-5-3-4-6-12-25/h7-10,13H,3-6,11-12,14H2,1-2H3,(H,23,27). The summed E-state index contributed by atoms with van der Waals surface area (Å²) in [6.45, 7) is 3.55. The van der Waals surface area contributed by atoms with E-state index >= 15 is 0 Å². The molecule has 1 aliphatic heterocycles. The van der Waals surface area contributed by atoms with Crippen molar-refractivity contribution in [1.82, 2.24) is 14.5 Å². The molecule has 7 nitrogen and oxygen atoms in total. The zero-order valence-electron chi connectivity index (χ0n) is 16.8. The number of anilines is 1. The molecular formula is C21H26N4O3S. The third-order valence-corrected chi connectivity index (χ3v) is 5.99. The molecule has 1 fully saturated rings. The van der Waals surface area contributed by atoms with Crippen molar-refractivity contribution in [3.05, 3.63) is 51.9 Å². The Balaban J connectivity index is 1.65. The fraction of sp³-hybridized carbons (Fsp3) is 0.429. The molecule has 1 saturated heterocycles. The van der Waals surface area contributed by atoms with E-state index in [2.05, 4.69) is 10.3 Å². The summed E-state index contributed by atoms with van der Waals surface area (Å²) >= 11 is 1.22. The van der Waals surface area contributed by atoms with Crippen molar-refractivity contribution in [2.45, 2.75) is 37.8 Å². The topological polar surface area (TPSA) is 84.3 Å². The van der Waals surface area contributed by atoms with Crippen LogP contribution < -0.4 is 10.9 Å². The molecule has 2 heterocycles. The number of amides is 2. The summed E-state index contributed by atoms with van der Waals surface area (Å²) in [6, 6.07) is 7.33. The molecular weight excluding hydrogens is 388 g/mol. The van der Waals surface area contributed by atoms with Crippen molar-refractivity contribution in [1.29, 1.82) is 0 Å². The number of aromatic nitrogens is 2. The average molecular weight is 415 g/mol. The first-order valence-corrected chi connectivity index (χ1v) is 10.8. The van der Waals surface area contributed by atoms with E-state index in [1.54, 1.807) is 19.2 Å². The second-order valence-electron chi connectivity index (χ2n) is 7.22. The van der Waals surface area contributed by atoms with Crippen LogP contribution >= 0.6 is 11.8 Å². The fourth-order valence-electron chi connectivity index (χ4n) is 3.19. The molecule has 2 aromatic rings. The predicted molar refractivity (Wildman–Crippen MR) is 114 cm³/mol. The molecule has 0 radical (unpaired) electrons. The highest BCUT2D eigenvalue weighted by Crippen LogP contribution is 2.17. The van der Waals surface area contributed by atoms with E-state index < -0.39 is 11.5 Å². The largest absolute Gasteiger partial charge is 0.342 e. The molecule has 3 rings (SSSR count). The average Bonchev–Trinajstić information content (AvgIpc) is 3.00. The molecule has 0 spiro atoms. The molecule has 1 N–H and O–H groups in total. The van der Waals surface area contributed by atoms with Gasteiger partial charge in [0.1, 0.15) is 5.56 Å². The van der Waals surface area contributed by atoms with Crippen LogP contribution in [-0.2, 0) is 11.8 Å². The van der Waals surface area contributed by atoms with Gasteiger partial charge in [-0.2, -0.15) is 0 Å². The van der Waals surface area contributed by atoms with E-state index in [0.29, 0.717) is 10.8 Å². The minimum absolute atomic E-state index is 0.0312. The lowest BCUT2D eigenvalue weighted by Crippen LogP contribution is -2.33. The van der Waals surface area contributed by atoms with E-state index in [0.717, 1.165) is 31.5 Å². The number of carbonyl (C=O) groups excluding carboxylic acids is 2. The maximum atomic E-state index is 12.6. The molecule has 1 aromatic carbocycles. The summed E-state index contributed by atoms with van der Waals surface area (Å²) in [5, 5.41) is 3.13. The summed E-state index contributed by atoms with van der Waals surface area (Å²) in [6.07, 6.45) is 5.69. The highest BCUT2D eigenvalue weighted by Gasteiger charge is 2.18. The molecule has 0 bridgehead atoms. The number of nitrogens with zero attached hydrogens (tertiary/aromatic N) is 3. The van der Waals surface area contributed by atoms with Gasteiger partial charge in [0.25, 0.3) is 11.5 Å². The van der Waals surface area contributed by atoms with Crippen LogP contribution in [0.1, 0.15) is 41.6 Å². The van der Waals surface area contributed by atoms with E-state index in [9.17, 15) is 14.4 Å². The smallest absolute Gasteiger partial charge is 0.266 e. The Bertz CT molecular complexity index is 932. The zero-order valence-corrected chi connectivity index (χ0v) is 17.6. The number of aryl methyl sites for hydroxylation is 1. The summed E-state index contributed by atoms with van der Waals surface area (Å²) in [7, 11) is 1.57. The lowest BCUT2D eigenvalue weighted by Gasteiger charge is -2.20. The predicted octanol–water partition coefficient (Wildman–Crippen LogP) is 2.84. The Morgan fingerprint density at radius 2 is 1.76 bits per heavy atom. The number of nitrogens with one attached hydrogen (secondary N) is 1. The van der Waals surface area contributed by atoms with Gasteiger partial charge in [-0.05, 0) is 31.9 Å². The maximum absolute atomic E-state index is 12.6. The highest BCUT2D eigenvalue weighted by atomic mass is 32.2. The SMILES string of the molecule is Cc1ccc(NC(=O)c2cnc(SCC(=O)N3CCCCCC3)n(C)c2=O)cc1. The Morgan fingerprint density at radius 3 is 2.41 bits per heavy atom. The molecule has 0 aliphatic carbocycles. The molecule has 29 heavy (non-hydrogen) atoms. The third kappa shape index (κ3) is 5.47. The molecule has 1 aliphatic rings. The van der Waals surface area contributed by atoms with E-state index in [-0.39, 0.29) is 17.2 Å². The Hall–Kier alpha value is -2.61. The summed E-state index contributed by atoms with van der Waals surface area (Å²) in [5.41, 5.74) is 1.23. The van der Waals surface area contributed by atoms with Crippen molar-refractivity contribution in [3.63, 3.8) is 0 Å². The number of hydrogen-bond donors (Lipinski definition) is 1. The summed E-state index contributed by atoms with van der Waals surface area (Å²) in [5.74, 6) is -0.207. The van der Waals surface area contributed by atoms with Gasteiger partial charge in [0.15, 0.2) is 5.16 Å². The second kappa shape index (κ2) is 9.73. The van der Waals surface area contributed by atoms with Crippen LogP contribution in [-0.4, -0.2) is 45.1 Å². The normalized spacial score (nSPS) is 14.3. The van der Waals surface area contributed by atoms with Crippen molar-refractivity contribution < 1.29 is 9.59 Å². The van der Waals surface area contributed by atoms with Crippen molar-refractivity contribution >= 4 is 29.3 Å². The highest BCUT2D eigenvalue weighted by molar-refractivity contribution is 7.99.